The summed E-state index contributed by atoms with van der Waals surface area (Å²) in [7, 11) is 3.15. The van der Waals surface area contributed by atoms with E-state index in [0.717, 1.165) is 10.8 Å². The Morgan fingerprint density at radius 3 is 2.38 bits per heavy atom. The van der Waals surface area contributed by atoms with Crippen LogP contribution in [0.15, 0.2) is 60.8 Å². The van der Waals surface area contributed by atoms with Crippen molar-refractivity contribution in [2.24, 2.45) is 0 Å². The Kier molecular flexibility index (Phi) is 5.75. The second-order valence-corrected chi connectivity index (χ2v) is 6.13. The molecule has 4 rings (SSSR count). The van der Waals surface area contributed by atoms with Gasteiger partial charge < -0.3 is 19.3 Å². The zero-order valence-corrected chi connectivity index (χ0v) is 16.5. The Morgan fingerprint density at radius 1 is 0.897 bits per heavy atom. The summed E-state index contributed by atoms with van der Waals surface area (Å²) in [6, 6.07) is 15.9. The number of fused-ring (bicyclic) bond motifs is 2. The van der Waals surface area contributed by atoms with Crippen molar-refractivity contribution >= 4 is 40.1 Å². The maximum Gasteiger partial charge on any atom is 0.336 e. The number of carboxylic acid groups (broad SMARTS) is 1. The van der Waals surface area contributed by atoms with Crippen LogP contribution in [0.25, 0.3) is 21.7 Å². The molecule has 0 aliphatic carbocycles. The number of aromatic nitrogens is 1. The van der Waals surface area contributed by atoms with Gasteiger partial charge in [0.1, 0.15) is 11.5 Å². The van der Waals surface area contributed by atoms with E-state index in [-0.39, 0.29) is 18.0 Å². The molecule has 0 atom stereocenters. The van der Waals surface area contributed by atoms with E-state index in [2.05, 4.69) is 4.98 Å². The molecule has 7 heteroatoms. The van der Waals surface area contributed by atoms with E-state index in [1.807, 2.05) is 18.2 Å². The molecule has 1 N–H and O–H groups in total. The second-order valence-electron chi connectivity index (χ2n) is 6.13. The van der Waals surface area contributed by atoms with Crippen LogP contribution in [0.4, 0.5) is 0 Å². The van der Waals surface area contributed by atoms with Crippen LogP contribution in [0.2, 0.25) is 0 Å². The standard InChI is InChI=1S/C22H17NO5.ClH/c1-26-20-11-17-18(12-21(20)27-2)23-9-8-19(17)28-14-6-7-15-13(10-14)4-3-5-16(15)22(24)25;/h3-12H,1-2H3,(H,24,25);1H. The van der Waals surface area contributed by atoms with Crippen molar-refractivity contribution < 1.29 is 24.1 Å². The van der Waals surface area contributed by atoms with E-state index in [1.165, 1.54) is 0 Å². The first-order valence-corrected chi connectivity index (χ1v) is 8.55. The summed E-state index contributed by atoms with van der Waals surface area (Å²) in [5, 5.41) is 11.6. The fraction of sp³-hybridized carbons (Fsp3) is 0.0909. The minimum absolute atomic E-state index is 0. The molecule has 0 saturated heterocycles. The predicted molar refractivity (Wildman–Crippen MR) is 113 cm³/mol. The van der Waals surface area contributed by atoms with Gasteiger partial charge in [0.05, 0.1) is 25.3 Å². The van der Waals surface area contributed by atoms with Crippen LogP contribution in [-0.4, -0.2) is 30.3 Å². The predicted octanol–water partition coefficient (Wildman–Crippen LogP) is 5.32. The average Bonchev–Trinajstić information content (AvgIpc) is 2.72. The number of carbonyl (C=O) groups is 1. The average molecular weight is 412 g/mol. The maximum atomic E-state index is 11.4. The fourth-order valence-electron chi connectivity index (χ4n) is 3.18. The Bertz CT molecular complexity index is 1210. The van der Waals surface area contributed by atoms with E-state index in [4.69, 9.17) is 14.2 Å². The van der Waals surface area contributed by atoms with Crippen molar-refractivity contribution in [1.82, 2.24) is 4.98 Å². The Morgan fingerprint density at radius 2 is 1.66 bits per heavy atom. The topological polar surface area (TPSA) is 77.9 Å². The van der Waals surface area contributed by atoms with Crippen molar-refractivity contribution in [1.29, 1.82) is 0 Å². The molecule has 3 aromatic carbocycles. The molecule has 0 fully saturated rings. The zero-order valence-electron chi connectivity index (χ0n) is 15.7. The summed E-state index contributed by atoms with van der Waals surface area (Å²) >= 11 is 0. The number of nitrogens with zero attached hydrogens (tertiary/aromatic N) is 1. The van der Waals surface area contributed by atoms with Gasteiger partial charge in [-0.1, -0.05) is 12.1 Å². The molecule has 0 spiro atoms. The van der Waals surface area contributed by atoms with Gasteiger partial charge in [0.2, 0.25) is 0 Å². The van der Waals surface area contributed by atoms with Crippen LogP contribution >= 0.6 is 12.4 Å². The summed E-state index contributed by atoms with van der Waals surface area (Å²) in [5.41, 5.74) is 0.972. The molecule has 29 heavy (non-hydrogen) atoms. The van der Waals surface area contributed by atoms with E-state index in [9.17, 15) is 9.90 Å². The normalized spacial score (nSPS) is 10.4. The number of rotatable bonds is 5. The summed E-state index contributed by atoms with van der Waals surface area (Å²) in [4.78, 5) is 15.8. The highest BCUT2D eigenvalue weighted by molar-refractivity contribution is 6.04. The summed E-state index contributed by atoms with van der Waals surface area (Å²) < 4.78 is 16.8. The lowest BCUT2D eigenvalue weighted by molar-refractivity contribution is 0.0699. The highest BCUT2D eigenvalue weighted by Crippen LogP contribution is 2.37. The molecule has 148 valence electrons. The third kappa shape index (κ3) is 3.75. The Labute approximate surface area is 173 Å². The molecule has 0 amide bonds. The van der Waals surface area contributed by atoms with Crippen LogP contribution in [0.1, 0.15) is 10.4 Å². The Balaban J connectivity index is 0.00000240. The van der Waals surface area contributed by atoms with Crippen LogP contribution < -0.4 is 14.2 Å². The number of hydrogen-bond acceptors (Lipinski definition) is 5. The first kappa shape index (κ1) is 20.2. The molecule has 1 heterocycles. The van der Waals surface area contributed by atoms with Gasteiger partial charge in [-0.2, -0.15) is 0 Å². The first-order valence-electron chi connectivity index (χ1n) is 8.55. The van der Waals surface area contributed by atoms with Gasteiger partial charge >= 0.3 is 5.97 Å². The van der Waals surface area contributed by atoms with Gasteiger partial charge in [-0.3, -0.25) is 4.98 Å². The van der Waals surface area contributed by atoms with E-state index in [1.54, 1.807) is 56.8 Å². The molecule has 0 saturated carbocycles. The van der Waals surface area contributed by atoms with Gasteiger partial charge in [0.25, 0.3) is 0 Å². The zero-order chi connectivity index (χ0) is 19.7. The largest absolute Gasteiger partial charge is 0.493 e. The van der Waals surface area contributed by atoms with Crippen molar-refractivity contribution in [2.45, 2.75) is 0 Å². The highest BCUT2D eigenvalue weighted by Gasteiger charge is 2.12. The number of aromatic carboxylic acids is 1. The number of carboxylic acids is 1. The number of pyridine rings is 1. The monoisotopic (exact) mass is 411 g/mol. The lowest BCUT2D eigenvalue weighted by atomic mass is 10.0. The van der Waals surface area contributed by atoms with Crippen LogP contribution in [-0.2, 0) is 0 Å². The van der Waals surface area contributed by atoms with Gasteiger partial charge in [-0.05, 0) is 47.2 Å². The minimum atomic E-state index is -0.958. The first-order chi connectivity index (χ1) is 13.6. The van der Waals surface area contributed by atoms with E-state index >= 15 is 0 Å². The van der Waals surface area contributed by atoms with Crippen LogP contribution in [0, 0.1) is 0 Å². The lowest BCUT2D eigenvalue weighted by Crippen LogP contribution is -1.97. The number of halogens is 1. The molecular formula is C22H18ClNO5. The number of hydrogen-bond donors (Lipinski definition) is 1. The molecule has 0 bridgehead atoms. The van der Waals surface area contributed by atoms with E-state index in [0.29, 0.717) is 33.9 Å². The summed E-state index contributed by atoms with van der Waals surface area (Å²) in [6.45, 7) is 0. The molecule has 4 aromatic rings. The molecular weight excluding hydrogens is 394 g/mol. The highest BCUT2D eigenvalue weighted by atomic mass is 35.5. The molecule has 6 nitrogen and oxygen atoms in total. The van der Waals surface area contributed by atoms with Crippen molar-refractivity contribution in [3.8, 4) is 23.0 Å². The smallest absolute Gasteiger partial charge is 0.336 e. The molecule has 0 radical (unpaired) electrons. The SMILES string of the molecule is COc1cc2nccc(Oc3ccc4c(C(=O)O)cccc4c3)c2cc1OC.Cl. The van der Waals surface area contributed by atoms with Gasteiger partial charge in [0.15, 0.2) is 11.5 Å². The molecule has 0 aliphatic heterocycles. The number of ether oxygens (including phenoxy) is 3. The summed E-state index contributed by atoms with van der Waals surface area (Å²) in [6.07, 6.45) is 1.66. The molecule has 1 aromatic heterocycles. The van der Waals surface area contributed by atoms with Gasteiger partial charge in [-0.25, -0.2) is 4.79 Å². The second kappa shape index (κ2) is 8.24. The van der Waals surface area contributed by atoms with Gasteiger partial charge in [-0.15, -0.1) is 12.4 Å². The van der Waals surface area contributed by atoms with Crippen LogP contribution in [0.5, 0.6) is 23.0 Å². The third-order valence-corrected chi connectivity index (χ3v) is 4.52. The van der Waals surface area contributed by atoms with Gasteiger partial charge in [0, 0.05) is 17.6 Å². The lowest BCUT2D eigenvalue weighted by Gasteiger charge is -2.13. The third-order valence-electron chi connectivity index (χ3n) is 4.52. The minimum Gasteiger partial charge on any atom is -0.493 e. The number of methoxy groups -OCH3 is 2. The maximum absolute atomic E-state index is 11.4. The molecule has 0 aliphatic rings. The fourth-order valence-corrected chi connectivity index (χ4v) is 3.18. The quantitative estimate of drug-likeness (QED) is 0.479. The van der Waals surface area contributed by atoms with Crippen molar-refractivity contribution in [3.05, 3.63) is 66.4 Å². The van der Waals surface area contributed by atoms with Crippen LogP contribution in [0.3, 0.4) is 0 Å². The van der Waals surface area contributed by atoms with Crippen molar-refractivity contribution in [3.63, 3.8) is 0 Å². The van der Waals surface area contributed by atoms with Crippen molar-refractivity contribution in [2.75, 3.05) is 14.2 Å². The summed E-state index contributed by atoms with van der Waals surface area (Å²) in [5.74, 6) is 1.42. The Hall–Kier alpha value is -3.51. The molecule has 0 unspecified atom stereocenters. The van der Waals surface area contributed by atoms with E-state index < -0.39 is 5.97 Å². The number of benzene rings is 3.